The van der Waals surface area contributed by atoms with E-state index in [0.717, 1.165) is 31.2 Å². The highest BCUT2D eigenvalue weighted by Crippen LogP contribution is 2.28. The predicted octanol–water partition coefficient (Wildman–Crippen LogP) is 1.95. The van der Waals surface area contributed by atoms with E-state index in [-0.39, 0.29) is 11.7 Å². The highest BCUT2D eigenvalue weighted by molar-refractivity contribution is 7.17. The largest absolute Gasteiger partial charge is 0.477 e. The van der Waals surface area contributed by atoms with Crippen molar-refractivity contribution in [1.82, 2.24) is 4.98 Å². The average Bonchev–Trinajstić information content (AvgIpc) is 3.11. The SMILES string of the molecule is COC(=O)c1ccc(N2CCN(c3cccc(C(=O)O)n3)CC2)s1. The van der Waals surface area contributed by atoms with Crippen LogP contribution >= 0.6 is 11.3 Å². The number of carbonyl (C=O) groups excluding carboxylic acids is 1. The van der Waals surface area contributed by atoms with Crippen molar-refractivity contribution >= 4 is 34.1 Å². The second-order valence-electron chi connectivity index (χ2n) is 5.29. The van der Waals surface area contributed by atoms with Crippen LogP contribution in [-0.2, 0) is 4.74 Å². The third-order valence-corrected chi connectivity index (χ3v) is 4.97. The molecule has 0 aromatic carbocycles. The summed E-state index contributed by atoms with van der Waals surface area (Å²) >= 11 is 1.42. The quantitative estimate of drug-likeness (QED) is 0.847. The van der Waals surface area contributed by atoms with Gasteiger partial charge in [0.2, 0.25) is 0 Å². The zero-order valence-electron chi connectivity index (χ0n) is 13.1. The molecule has 0 amide bonds. The summed E-state index contributed by atoms with van der Waals surface area (Å²) < 4.78 is 4.73. The van der Waals surface area contributed by atoms with E-state index in [1.165, 1.54) is 24.5 Å². The topological polar surface area (TPSA) is 83.0 Å². The van der Waals surface area contributed by atoms with Gasteiger partial charge in [-0.25, -0.2) is 14.6 Å². The zero-order chi connectivity index (χ0) is 17.1. The molecule has 8 heteroatoms. The average molecular weight is 347 g/mol. The highest BCUT2D eigenvalue weighted by Gasteiger charge is 2.21. The number of thiophene rings is 1. The van der Waals surface area contributed by atoms with Gasteiger partial charge in [-0.2, -0.15) is 0 Å². The zero-order valence-corrected chi connectivity index (χ0v) is 14.0. The number of hydrogen-bond acceptors (Lipinski definition) is 7. The third kappa shape index (κ3) is 3.33. The van der Waals surface area contributed by atoms with Crippen molar-refractivity contribution in [3.8, 4) is 0 Å². The Kier molecular flexibility index (Phi) is 4.66. The Morgan fingerprint density at radius 1 is 1.12 bits per heavy atom. The molecule has 3 heterocycles. The molecule has 0 aliphatic carbocycles. The van der Waals surface area contributed by atoms with E-state index >= 15 is 0 Å². The van der Waals surface area contributed by atoms with Crippen LogP contribution < -0.4 is 9.80 Å². The first kappa shape index (κ1) is 16.3. The van der Waals surface area contributed by atoms with Crippen LogP contribution in [0.4, 0.5) is 10.8 Å². The molecular formula is C16H17N3O4S. The number of methoxy groups -OCH3 is 1. The number of nitrogens with zero attached hydrogens (tertiary/aromatic N) is 3. The molecule has 126 valence electrons. The summed E-state index contributed by atoms with van der Waals surface area (Å²) in [5.74, 6) is -0.667. The number of carbonyl (C=O) groups is 2. The van der Waals surface area contributed by atoms with Gasteiger partial charge in [-0.1, -0.05) is 6.07 Å². The molecule has 1 aliphatic rings. The number of anilines is 2. The van der Waals surface area contributed by atoms with E-state index in [4.69, 9.17) is 9.84 Å². The minimum Gasteiger partial charge on any atom is -0.477 e. The highest BCUT2D eigenvalue weighted by atomic mass is 32.1. The summed E-state index contributed by atoms with van der Waals surface area (Å²) in [4.78, 5) is 31.6. The van der Waals surface area contributed by atoms with Gasteiger partial charge < -0.3 is 19.6 Å². The molecular weight excluding hydrogens is 330 g/mol. The fourth-order valence-corrected chi connectivity index (χ4v) is 3.56. The fraction of sp³-hybridized carbons (Fsp3) is 0.312. The van der Waals surface area contributed by atoms with Gasteiger partial charge >= 0.3 is 11.9 Å². The molecule has 0 spiro atoms. The molecule has 1 saturated heterocycles. The third-order valence-electron chi connectivity index (χ3n) is 3.85. The van der Waals surface area contributed by atoms with Gasteiger partial charge in [-0.05, 0) is 24.3 Å². The van der Waals surface area contributed by atoms with Crippen molar-refractivity contribution in [2.75, 3.05) is 43.1 Å². The first-order chi connectivity index (χ1) is 11.6. The lowest BCUT2D eigenvalue weighted by molar-refractivity contribution is 0.0605. The lowest BCUT2D eigenvalue weighted by Crippen LogP contribution is -2.46. The summed E-state index contributed by atoms with van der Waals surface area (Å²) in [6.07, 6.45) is 0. The summed E-state index contributed by atoms with van der Waals surface area (Å²) in [5.41, 5.74) is 0.0518. The lowest BCUT2D eigenvalue weighted by Gasteiger charge is -2.36. The molecule has 0 saturated carbocycles. The number of rotatable bonds is 4. The minimum absolute atomic E-state index is 0.0518. The Morgan fingerprint density at radius 3 is 2.50 bits per heavy atom. The summed E-state index contributed by atoms with van der Waals surface area (Å²) in [7, 11) is 1.37. The van der Waals surface area contributed by atoms with E-state index in [0.29, 0.717) is 10.7 Å². The Balaban J connectivity index is 1.65. The molecule has 2 aromatic rings. The molecule has 1 fully saturated rings. The van der Waals surface area contributed by atoms with E-state index in [2.05, 4.69) is 14.8 Å². The van der Waals surface area contributed by atoms with E-state index in [1.54, 1.807) is 12.1 Å². The predicted molar refractivity (Wildman–Crippen MR) is 91.3 cm³/mol. The summed E-state index contributed by atoms with van der Waals surface area (Å²) in [6, 6.07) is 8.72. The van der Waals surface area contributed by atoms with Gasteiger partial charge in [0.1, 0.15) is 10.7 Å². The number of pyridine rings is 1. The first-order valence-corrected chi connectivity index (χ1v) is 8.28. The van der Waals surface area contributed by atoms with E-state index in [9.17, 15) is 9.59 Å². The van der Waals surface area contributed by atoms with Crippen molar-refractivity contribution in [1.29, 1.82) is 0 Å². The Morgan fingerprint density at radius 2 is 1.83 bits per heavy atom. The van der Waals surface area contributed by atoms with Crippen LogP contribution in [0.1, 0.15) is 20.2 Å². The first-order valence-electron chi connectivity index (χ1n) is 7.47. The smallest absolute Gasteiger partial charge is 0.354 e. The van der Waals surface area contributed by atoms with Crippen LogP contribution in [0.3, 0.4) is 0 Å². The fourth-order valence-electron chi connectivity index (χ4n) is 2.58. The second kappa shape index (κ2) is 6.88. The molecule has 24 heavy (non-hydrogen) atoms. The van der Waals surface area contributed by atoms with Crippen LogP contribution in [0.2, 0.25) is 0 Å². The normalized spacial score (nSPS) is 14.5. The Labute approximate surface area is 143 Å². The number of aromatic nitrogens is 1. The van der Waals surface area contributed by atoms with E-state index < -0.39 is 5.97 Å². The van der Waals surface area contributed by atoms with Crippen molar-refractivity contribution < 1.29 is 19.4 Å². The standard InChI is InChI=1S/C16H17N3O4S/c1-23-16(22)12-5-6-14(24-12)19-9-7-18(8-10-19)13-4-2-3-11(17-13)15(20)21/h2-6H,7-10H2,1H3,(H,20,21). The number of ether oxygens (including phenoxy) is 1. The Bertz CT molecular complexity index is 753. The number of carboxylic acid groups (broad SMARTS) is 1. The molecule has 0 atom stereocenters. The molecule has 7 nitrogen and oxygen atoms in total. The summed E-state index contributed by atoms with van der Waals surface area (Å²) in [5, 5.41) is 10.1. The van der Waals surface area contributed by atoms with Gasteiger partial charge in [-0.3, -0.25) is 0 Å². The van der Waals surface area contributed by atoms with Gasteiger partial charge in [0.15, 0.2) is 5.69 Å². The molecule has 0 bridgehead atoms. The van der Waals surface area contributed by atoms with Gasteiger partial charge in [0.25, 0.3) is 0 Å². The van der Waals surface area contributed by atoms with Gasteiger partial charge in [-0.15, -0.1) is 11.3 Å². The minimum atomic E-state index is -1.02. The van der Waals surface area contributed by atoms with Crippen LogP contribution in [0.5, 0.6) is 0 Å². The number of hydrogen-bond donors (Lipinski definition) is 1. The molecule has 1 N–H and O–H groups in total. The monoisotopic (exact) mass is 347 g/mol. The van der Waals surface area contributed by atoms with E-state index in [1.807, 2.05) is 12.1 Å². The summed E-state index contributed by atoms with van der Waals surface area (Å²) in [6.45, 7) is 3.03. The molecule has 3 rings (SSSR count). The number of piperazine rings is 1. The van der Waals surface area contributed by atoms with Crippen molar-refractivity contribution in [3.63, 3.8) is 0 Å². The Hall–Kier alpha value is -2.61. The molecule has 2 aromatic heterocycles. The maximum absolute atomic E-state index is 11.5. The van der Waals surface area contributed by atoms with Crippen molar-refractivity contribution in [2.24, 2.45) is 0 Å². The molecule has 0 unspecified atom stereocenters. The van der Waals surface area contributed by atoms with Gasteiger partial charge in [0, 0.05) is 26.2 Å². The van der Waals surface area contributed by atoms with Crippen molar-refractivity contribution in [3.05, 3.63) is 40.9 Å². The molecule has 0 radical (unpaired) electrons. The van der Waals surface area contributed by atoms with Crippen LogP contribution in [0, 0.1) is 0 Å². The lowest BCUT2D eigenvalue weighted by atomic mass is 10.3. The number of esters is 1. The number of aromatic carboxylic acids is 1. The van der Waals surface area contributed by atoms with Crippen molar-refractivity contribution in [2.45, 2.75) is 0 Å². The van der Waals surface area contributed by atoms with Crippen LogP contribution in [0.25, 0.3) is 0 Å². The maximum atomic E-state index is 11.5. The second-order valence-corrected chi connectivity index (χ2v) is 6.35. The number of carboxylic acids is 1. The van der Waals surface area contributed by atoms with Gasteiger partial charge in [0.05, 0.1) is 12.1 Å². The van der Waals surface area contributed by atoms with Crippen LogP contribution in [0.15, 0.2) is 30.3 Å². The van der Waals surface area contributed by atoms with Crippen LogP contribution in [-0.4, -0.2) is 55.3 Å². The molecule has 1 aliphatic heterocycles. The maximum Gasteiger partial charge on any atom is 0.354 e.